The van der Waals surface area contributed by atoms with E-state index in [4.69, 9.17) is 0 Å². The number of aromatic nitrogens is 2. The maximum absolute atomic E-state index is 12.7. The molecule has 3 aromatic heterocycles. The van der Waals surface area contributed by atoms with Crippen molar-refractivity contribution in [3.63, 3.8) is 0 Å². The lowest BCUT2D eigenvalue weighted by molar-refractivity contribution is 0.0950. The summed E-state index contributed by atoms with van der Waals surface area (Å²) < 4.78 is 2.58. The van der Waals surface area contributed by atoms with E-state index in [0.29, 0.717) is 28.0 Å². The molecule has 1 fully saturated rings. The van der Waals surface area contributed by atoms with Crippen LogP contribution in [0.1, 0.15) is 51.3 Å². The number of fused-ring (bicyclic) bond motifs is 1. The zero-order valence-corrected chi connectivity index (χ0v) is 20.1. The van der Waals surface area contributed by atoms with Crippen LogP contribution in [0.2, 0.25) is 0 Å². The lowest BCUT2D eigenvalue weighted by atomic mass is 10.2. The van der Waals surface area contributed by atoms with Gasteiger partial charge in [-0.15, -0.1) is 22.7 Å². The third kappa shape index (κ3) is 4.61. The standard InChI is InChI=1S/C20H24BrN5O2S2/c1-12-9-15(18(28)22-7-8-25(2)13-5-3-4-6-13)29-19(12)24-17(27)14-10-23-26-11-16(21)30-20(14)26/h9-11,13H,3-8H2,1-2H3,(H,22,28)(H,24,27). The molecule has 0 aromatic carbocycles. The van der Waals surface area contributed by atoms with E-state index in [2.05, 4.69) is 43.6 Å². The number of carbonyl (C=O) groups is 2. The highest BCUT2D eigenvalue weighted by molar-refractivity contribution is 9.11. The molecule has 1 saturated carbocycles. The fraction of sp³-hybridized carbons (Fsp3) is 0.450. The maximum atomic E-state index is 12.7. The molecule has 0 radical (unpaired) electrons. The van der Waals surface area contributed by atoms with Crippen molar-refractivity contribution in [1.82, 2.24) is 19.8 Å². The van der Waals surface area contributed by atoms with Crippen LogP contribution in [0.3, 0.4) is 0 Å². The average molecular weight is 510 g/mol. The van der Waals surface area contributed by atoms with Gasteiger partial charge in [-0.1, -0.05) is 12.8 Å². The zero-order valence-electron chi connectivity index (χ0n) is 16.9. The summed E-state index contributed by atoms with van der Waals surface area (Å²) in [6.07, 6.45) is 8.50. The van der Waals surface area contributed by atoms with E-state index in [9.17, 15) is 9.59 Å². The molecular formula is C20H24BrN5O2S2. The second-order valence-corrected chi connectivity index (χ2v) is 11.1. The Morgan fingerprint density at radius 2 is 2.07 bits per heavy atom. The van der Waals surface area contributed by atoms with E-state index < -0.39 is 0 Å². The van der Waals surface area contributed by atoms with Gasteiger partial charge in [-0.2, -0.15) is 5.10 Å². The van der Waals surface area contributed by atoms with Crippen LogP contribution in [0.15, 0.2) is 22.2 Å². The molecule has 2 N–H and O–H groups in total. The van der Waals surface area contributed by atoms with Gasteiger partial charge in [-0.25, -0.2) is 4.52 Å². The van der Waals surface area contributed by atoms with Crippen LogP contribution < -0.4 is 10.6 Å². The van der Waals surface area contributed by atoms with Crippen molar-refractivity contribution in [1.29, 1.82) is 0 Å². The fourth-order valence-electron chi connectivity index (χ4n) is 3.76. The van der Waals surface area contributed by atoms with Gasteiger partial charge in [0.1, 0.15) is 4.83 Å². The molecule has 0 unspecified atom stereocenters. The summed E-state index contributed by atoms with van der Waals surface area (Å²) in [5.41, 5.74) is 1.39. The number of amides is 2. The lowest BCUT2D eigenvalue weighted by Crippen LogP contribution is -2.37. The molecule has 4 rings (SSSR count). The molecule has 1 aliphatic carbocycles. The highest BCUT2D eigenvalue weighted by Gasteiger charge is 2.21. The van der Waals surface area contributed by atoms with Gasteiger partial charge in [-0.3, -0.25) is 9.59 Å². The molecule has 0 saturated heterocycles. The van der Waals surface area contributed by atoms with Crippen molar-refractivity contribution in [3.8, 4) is 0 Å². The second-order valence-electron chi connectivity index (χ2n) is 7.59. The predicted molar refractivity (Wildman–Crippen MR) is 125 cm³/mol. The minimum Gasteiger partial charge on any atom is -0.350 e. The SMILES string of the molecule is Cc1cc(C(=O)NCCN(C)C2CCCC2)sc1NC(=O)c1cnn2cc(Br)sc12. The Morgan fingerprint density at radius 1 is 1.30 bits per heavy atom. The highest BCUT2D eigenvalue weighted by atomic mass is 79.9. The molecule has 30 heavy (non-hydrogen) atoms. The number of hydrogen-bond acceptors (Lipinski definition) is 6. The molecule has 0 bridgehead atoms. The Labute approximate surface area is 191 Å². The first-order chi connectivity index (χ1) is 14.4. The van der Waals surface area contributed by atoms with Crippen LogP contribution in [0, 0.1) is 6.92 Å². The first kappa shape index (κ1) is 21.5. The molecule has 0 atom stereocenters. The van der Waals surface area contributed by atoms with Gasteiger partial charge in [0.25, 0.3) is 11.8 Å². The number of nitrogens with zero attached hydrogens (tertiary/aromatic N) is 3. The number of aryl methyl sites for hydroxylation is 1. The Morgan fingerprint density at radius 3 is 2.83 bits per heavy atom. The summed E-state index contributed by atoms with van der Waals surface area (Å²) in [5.74, 6) is -0.326. The number of halogens is 1. The van der Waals surface area contributed by atoms with Gasteiger partial charge in [0.05, 0.1) is 31.6 Å². The largest absolute Gasteiger partial charge is 0.350 e. The second kappa shape index (κ2) is 9.17. The van der Waals surface area contributed by atoms with E-state index in [1.54, 1.807) is 10.7 Å². The van der Waals surface area contributed by atoms with E-state index in [1.807, 2.05) is 19.2 Å². The molecule has 0 spiro atoms. The number of hydrogen-bond donors (Lipinski definition) is 2. The van der Waals surface area contributed by atoms with Crippen LogP contribution in [-0.2, 0) is 0 Å². The molecule has 7 nitrogen and oxygen atoms in total. The Kier molecular flexibility index (Phi) is 6.57. The normalized spacial score (nSPS) is 14.7. The van der Waals surface area contributed by atoms with E-state index in [0.717, 1.165) is 20.7 Å². The number of carbonyl (C=O) groups excluding carboxylic acids is 2. The van der Waals surface area contributed by atoms with Crippen LogP contribution in [0.25, 0.3) is 4.83 Å². The molecule has 3 heterocycles. The molecule has 1 aliphatic rings. The highest BCUT2D eigenvalue weighted by Crippen LogP contribution is 2.30. The number of rotatable bonds is 7. The van der Waals surface area contributed by atoms with Crippen LogP contribution in [0.5, 0.6) is 0 Å². The minimum atomic E-state index is -0.227. The number of likely N-dealkylation sites (N-methyl/N-ethyl adjacent to an activating group) is 1. The number of nitrogens with one attached hydrogen (secondary N) is 2. The number of anilines is 1. The van der Waals surface area contributed by atoms with Crippen molar-refractivity contribution < 1.29 is 9.59 Å². The first-order valence-electron chi connectivity index (χ1n) is 9.95. The van der Waals surface area contributed by atoms with Crippen molar-refractivity contribution in [2.24, 2.45) is 0 Å². The van der Waals surface area contributed by atoms with Crippen LogP contribution >= 0.6 is 38.6 Å². The van der Waals surface area contributed by atoms with Gasteiger partial charge in [0.2, 0.25) is 0 Å². The van der Waals surface area contributed by atoms with Gasteiger partial charge in [-0.05, 0) is 54.4 Å². The molecule has 3 aromatic rings. The molecule has 10 heteroatoms. The van der Waals surface area contributed by atoms with Crippen molar-refractivity contribution in [2.45, 2.75) is 38.6 Å². The lowest BCUT2D eigenvalue weighted by Gasteiger charge is -2.23. The van der Waals surface area contributed by atoms with Gasteiger partial charge < -0.3 is 15.5 Å². The fourth-order valence-corrected chi connectivity index (χ4v) is 6.19. The first-order valence-corrected chi connectivity index (χ1v) is 12.4. The predicted octanol–water partition coefficient (Wildman–Crippen LogP) is 4.38. The Hall–Kier alpha value is -1.75. The molecular weight excluding hydrogens is 486 g/mol. The smallest absolute Gasteiger partial charge is 0.261 e. The van der Waals surface area contributed by atoms with Gasteiger partial charge >= 0.3 is 0 Å². The third-order valence-corrected chi connectivity index (χ3v) is 8.22. The van der Waals surface area contributed by atoms with Crippen molar-refractivity contribution in [3.05, 3.63) is 38.3 Å². The maximum Gasteiger partial charge on any atom is 0.261 e. The molecule has 2 amide bonds. The van der Waals surface area contributed by atoms with E-state index in [-0.39, 0.29) is 11.8 Å². The van der Waals surface area contributed by atoms with E-state index in [1.165, 1.54) is 48.4 Å². The summed E-state index contributed by atoms with van der Waals surface area (Å²) in [5, 5.41) is 10.8. The van der Waals surface area contributed by atoms with Crippen LogP contribution in [0.4, 0.5) is 5.00 Å². The Bertz CT molecular complexity index is 1070. The quantitative estimate of drug-likeness (QED) is 0.495. The summed E-state index contributed by atoms with van der Waals surface area (Å²) in [6.45, 7) is 3.36. The minimum absolute atomic E-state index is 0.0986. The van der Waals surface area contributed by atoms with Crippen molar-refractivity contribution in [2.75, 3.05) is 25.5 Å². The average Bonchev–Trinajstić information content (AvgIpc) is 3.47. The number of thiophene rings is 1. The topological polar surface area (TPSA) is 78.7 Å². The third-order valence-electron chi connectivity index (χ3n) is 5.48. The van der Waals surface area contributed by atoms with E-state index >= 15 is 0 Å². The molecule has 0 aliphatic heterocycles. The monoisotopic (exact) mass is 509 g/mol. The molecule has 160 valence electrons. The van der Waals surface area contributed by atoms with Gasteiger partial charge in [0.15, 0.2) is 0 Å². The zero-order chi connectivity index (χ0) is 21.3. The summed E-state index contributed by atoms with van der Waals surface area (Å²) >= 11 is 6.16. The van der Waals surface area contributed by atoms with Crippen molar-refractivity contribution >= 4 is 60.2 Å². The van der Waals surface area contributed by atoms with Crippen LogP contribution in [-0.4, -0.2) is 52.5 Å². The Balaban J connectivity index is 1.35. The number of thiazole rings is 1. The summed E-state index contributed by atoms with van der Waals surface area (Å²) in [4.78, 5) is 29.0. The summed E-state index contributed by atoms with van der Waals surface area (Å²) in [6, 6.07) is 2.47. The summed E-state index contributed by atoms with van der Waals surface area (Å²) in [7, 11) is 2.13. The van der Waals surface area contributed by atoms with Gasteiger partial charge in [0, 0.05) is 19.1 Å².